The Hall–Kier alpha value is -1.65. The van der Waals surface area contributed by atoms with Crippen LogP contribution in [0.1, 0.15) is 37.3 Å². The van der Waals surface area contributed by atoms with Crippen LogP contribution in [0.15, 0.2) is 12.1 Å². The van der Waals surface area contributed by atoms with Crippen LogP contribution in [0, 0.1) is 5.92 Å². The molecule has 1 aliphatic carbocycles. The molecule has 0 spiro atoms. The SMILES string of the molecule is O=C(O)C1CCN(c2ccc(C3CCC3)nn2)C1. The van der Waals surface area contributed by atoms with Crippen LogP contribution < -0.4 is 4.90 Å². The van der Waals surface area contributed by atoms with Gasteiger partial charge < -0.3 is 10.0 Å². The molecule has 5 heteroatoms. The third-order valence-corrected chi connectivity index (χ3v) is 4.06. The number of rotatable bonds is 3. The first kappa shape index (κ1) is 11.4. The fourth-order valence-corrected chi connectivity index (χ4v) is 2.60. The number of hydrogen-bond acceptors (Lipinski definition) is 4. The van der Waals surface area contributed by atoms with Crippen molar-refractivity contribution in [1.29, 1.82) is 0 Å². The van der Waals surface area contributed by atoms with Crippen LogP contribution >= 0.6 is 0 Å². The minimum Gasteiger partial charge on any atom is -0.481 e. The monoisotopic (exact) mass is 247 g/mol. The molecule has 1 N–H and O–H groups in total. The van der Waals surface area contributed by atoms with Crippen molar-refractivity contribution in [1.82, 2.24) is 10.2 Å². The number of carboxylic acids is 1. The number of carboxylic acid groups (broad SMARTS) is 1. The van der Waals surface area contributed by atoms with Gasteiger partial charge in [-0.1, -0.05) is 6.42 Å². The van der Waals surface area contributed by atoms with Gasteiger partial charge in [-0.2, -0.15) is 5.10 Å². The topological polar surface area (TPSA) is 66.3 Å². The largest absolute Gasteiger partial charge is 0.481 e. The number of aliphatic carboxylic acids is 1. The second-order valence-electron chi connectivity index (χ2n) is 5.21. The lowest BCUT2D eigenvalue weighted by Gasteiger charge is -2.24. The standard InChI is InChI=1S/C13H17N3O2/c17-13(18)10-6-7-16(8-10)12-5-4-11(14-15-12)9-2-1-3-9/h4-5,9-10H,1-3,6-8H2,(H,17,18). The van der Waals surface area contributed by atoms with Crippen molar-refractivity contribution >= 4 is 11.8 Å². The van der Waals surface area contributed by atoms with E-state index in [9.17, 15) is 4.79 Å². The molecule has 1 aliphatic heterocycles. The molecule has 1 unspecified atom stereocenters. The van der Waals surface area contributed by atoms with E-state index in [0.717, 1.165) is 18.1 Å². The molecule has 0 amide bonds. The van der Waals surface area contributed by atoms with Crippen LogP contribution in [0.3, 0.4) is 0 Å². The van der Waals surface area contributed by atoms with E-state index in [1.807, 2.05) is 17.0 Å². The molecule has 2 fully saturated rings. The smallest absolute Gasteiger partial charge is 0.308 e. The number of aromatic nitrogens is 2. The molecule has 2 heterocycles. The number of carbonyl (C=O) groups is 1. The Kier molecular flexibility index (Phi) is 2.89. The minimum atomic E-state index is -0.712. The fraction of sp³-hybridized carbons (Fsp3) is 0.615. The summed E-state index contributed by atoms with van der Waals surface area (Å²) >= 11 is 0. The van der Waals surface area contributed by atoms with Crippen molar-refractivity contribution in [3.8, 4) is 0 Å². The van der Waals surface area contributed by atoms with Gasteiger partial charge in [0, 0.05) is 19.0 Å². The van der Waals surface area contributed by atoms with Gasteiger partial charge >= 0.3 is 5.97 Å². The van der Waals surface area contributed by atoms with E-state index in [1.165, 1.54) is 19.3 Å². The Bertz CT molecular complexity index is 442. The van der Waals surface area contributed by atoms with Gasteiger partial charge in [-0.3, -0.25) is 4.79 Å². The van der Waals surface area contributed by atoms with E-state index in [1.54, 1.807) is 0 Å². The molecule has 1 atom stereocenters. The Morgan fingerprint density at radius 3 is 2.61 bits per heavy atom. The first-order chi connectivity index (χ1) is 8.74. The van der Waals surface area contributed by atoms with Crippen molar-refractivity contribution in [2.24, 2.45) is 5.92 Å². The number of hydrogen-bond donors (Lipinski definition) is 1. The van der Waals surface area contributed by atoms with E-state index in [-0.39, 0.29) is 5.92 Å². The molecule has 2 aliphatic rings. The minimum absolute atomic E-state index is 0.266. The van der Waals surface area contributed by atoms with Crippen LogP contribution in [0.25, 0.3) is 0 Å². The predicted molar refractivity (Wildman–Crippen MR) is 66.6 cm³/mol. The van der Waals surface area contributed by atoms with Gasteiger partial charge in [0.25, 0.3) is 0 Å². The van der Waals surface area contributed by atoms with Gasteiger partial charge in [0.05, 0.1) is 11.6 Å². The molecule has 1 aromatic heterocycles. The highest BCUT2D eigenvalue weighted by atomic mass is 16.4. The van der Waals surface area contributed by atoms with Gasteiger partial charge in [0.2, 0.25) is 0 Å². The van der Waals surface area contributed by atoms with Crippen LogP contribution in [-0.4, -0.2) is 34.4 Å². The summed E-state index contributed by atoms with van der Waals surface area (Å²) < 4.78 is 0. The summed E-state index contributed by atoms with van der Waals surface area (Å²) in [6.07, 6.45) is 4.43. The maximum absolute atomic E-state index is 10.9. The molecule has 1 saturated carbocycles. The lowest BCUT2D eigenvalue weighted by molar-refractivity contribution is -0.140. The predicted octanol–water partition coefficient (Wildman–Crippen LogP) is 1.66. The second kappa shape index (κ2) is 4.55. The first-order valence-electron chi connectivity index (χ1n) is 6.55. The third kappa shape index (κ3) is 2.05. The zero-order valence-electron chi connectivity index (χ0n) is 10.2. The number of anilines is 1. The van der Waals surface area contributed by atoms with Crippen molar-refractivity contribution < 1.29 is 9.90 Å². The van der Waals surface area contributed by atoms with Gasteiger partial charge in [-0.15, -0.1) is 5.10 Å². The van der Waals surface area contributed by atoms with Crippen LogP contribution in [-0.2, 0) is 4.79 Å². The van der Waals surface area contributed by atoms with E-state index in [0.29, 0.717) is 18.9 Å². The molecule has 1 aromatic rings. The van der Waals surface area contributed by atoms with E-state index < -0.39 is 5.97 Å². The van der Waals surface area contributed by atoms with Crippen molar-refractivity contribution in [3.05, 3.63) is 17.8 Å². The summed E-state index contributed by atoms with van der Waals surface area (Å²) in [4.78, 5) is 12.9. The Morgan fingerprint density at radius 2 is 2.11 bits per heavy atom. The van der Waals surface area contributed by atoms with Crippen molar-refractivity contribution in [3.63, 3.8) is 0 Å². The molecule has 5 nitrogen and oxygen atoms in total. The lowest BCUT2D eigenvalue weighted by Crippen LogP contribution is -2.24. The molecule has 18 heavy (non-hydrogen) atoms. The average Bonchev–Trinajstić information content (AvgIpc) is 2.77. The summed E-state index contributed by atoms with van der Waals surface area (Å²) in [6, 6.07) is 4.02. The van der Waals surface area contributed by atoms with Crippen LogP contribution in [0.5, 0.6) is 0 Å². The molecule has 96 valence electrons. The summed E-state index contributed by atoms with van der Waals surface area (Å²) in [5.41, 5.74) is 1.08. The maximum atomic E-state index is 10.9. The van der Waals surface area contributed by atoms with Crippen molar-refractivity contribution in [2.75, 3.05) is 18.0 Å². The average molecular weight is 247 g/mol. The van der Waals surface area contributed by atoms with Gasteiger partial charge in [-0.05, 0) is 31.4 Å². The van der Waals surface area contributed by atoms with E-state index in [4.69, 9.17) is 5.11 Å². The van der Waals surface area contributed by atoms with Gasteiger partial charge in [-0.25, -0.2) is 0 Å². The molecule has 0 radical (unpaired) electrons. The van der Waals surface area contributed by atoms with E-state index >= 15 is 0 Å². The lowest BCUT2D eigenvalue weighted by atomic mass is 9.83. The summed E-state index contributed by atoms with van der Waals surface area (Å²) in [6.45, 7) is 1.31. The second-order valence-corrected chi connectivity index (χ2v) is 5.21. The fourth-order valence-electron chi connectivity index (χ4n) is 2.60. The summed E-state index contributed by atoms with van der Waals surface area (Å²) in [5, 5.41) is 17.5. The molecule has 0 aromatic carbocycles. The molecular formula is C13H17N3O2. The summed E-state index contributed by atoms with van der Waals surface area (Å²) in [5.74, 6) is 0.424. The van der Waals surface area contributed by atoms with Crippen LogP contribution in [0.2, 0.25) is 0 Å². The van der Waals surface area contributed by atoms with Gasteiger partial charge in [0.1, 0.15) is 0 Å². The zero-order valence-corrected chi connectivity index (χ0v) is 10.2. The highest BCUT2D eigenvalue weighted by Gasteiger charge is 2.29. The highest BCUT2D eigenvalue weighted by Crippen LogP contribution is 2.35. The normalized spacial score (nSPS) is 24.0. The van der Waals surface area contributed by atoms with E-state index in [2.05, 4.69) is 10.2 Å². The molecular weight excluding hydrogens is 230 g/mol. The maximum Gasteiger partial charge on any atom is 0.308 e. The first-order valence-corrected chi connectivity index (χ1v) is 6.55. The third-order valence-electron chi connectivity index (χ3n) is 4.06. The highest BCUT2D eigenvalue weighted by molar-refractivity contribution is 5.71. The Labute approximate surface area is 106 Å². The zero-order chi connectivity index (χ0) is 12.5. The molecule has 3 rings (SSSR count). The Morgan fingerprint density at radius 1 is 1.28 bits per heavy atom. The van der Waals surface area contributed by atoms with Gasteiger partial charge in [0.15, 0.2) is 5.82 Å². The molecule has 1 saturated heterocycles. The summed E-state index contributed by atoms with van der Waals surface area (Å²) in [7, 11) is 0. The quantitative estimate of drug-likeness (QED) is 0.879. The molecule has 0 bridgehead atoms. The van der Waals surface area contributed by atoms with Crippen LogP contribution in [0.4, 0.5) is 5.82 Å². The number of nitrogens with zero attached hydrogens (tertiary/aromatic N) is 3. The van der Waals surface area contributed by atoms with Crippen molar-refractivity contribution in [2.45, 2.75) is 31.6 Å². The Balaban J connectivity index is 1.67.